The predicted molar refractivity (Wildman–Crippen MR) is 90.5 cm³/mol. The van der Waals surface area contributed by atoms with E-state index in [1.807, 2.05) is 12.1 Å². The van der Waals surface area contributed by atoms with Crippen LogP contribution < -0.4 is 5.32 Å². The number of ether oxygens (including phenoxy) is 1. The molecule has 0 radical (unpaired) electrons. The van der Waals surface area contributed by atoms with Gasteiger partial charge in [0.2, 0.25) is 5.91 Å². The molecule has 1 aliphatic carbocycles. The molecule has 1 saturated heterocycles. The van der Waals surface area contributed by atoms with Gasteiger partial charge in [0, 0.05) is 19.1 Å². The Morgan fingerprint density at radius 2 is 2.00 bits per heavy atom. The summed E-state index contributed by atoms with van der Waals surface area (Å²) < 4.78 is 5.31. The lowest BCUT2D eigenvalue weighted by Gasteiger charge is -2.37. The molecule has 2 N–H and O–H groups in total. The molecule has 1 aromatic carbocycles. The summed E-state index contributed by atoms with van der Waals surface area (Å²) in [5.41, 5.74) is 0.162. The molecular weight excluding hydrogens is 353 g/mol. The molecule has 1 aliphatic heterocycles. The van der Waals surface area contributed by atoms with Crippen molar-refractivity contribution in [2.75, 3.05) is 13.2 Å². The second-order valence-corrected chi connectivity index (χ2v) is 7.33. The smallest absolute Gasteiger partial charge is 0.305 e. The standard InChI is InChI=1S/C17H19Cl2NO4/c18-13-3-1-2-10(15(13)19)11-8-12(11)16(23)20-17(9-14(21)22)4-6-24-7-5-17/h1-3,11-12H,4-9H2,(H,20,23)(H,21,22). The Morgan fingerprint density at radius 1 is 1.29 bits per heavy atom. The van der Waals surface area contributed by atoms with Gasteiger partial charge in [-0.2, -0.15) is 0 Å². The van der Waals surface area contributed by atoms with Gasteiger partial charge in [-0.15, -0.1) is 0 Å². The summed E-state index contributed by atoms with van der Waals surface area (Å²) >= 11 is 12.3. The zero-order valence-electron chi connectivity index (χ0n) is 13.1. The van der Waals surface area contributed by atoms with Crippen LogP contribution in [0.15, 0.2) is 18.2 Å². The van der Waals surface area contributed by atoms with Crippen LogP contribution in [0.25, 0.3) is 0 Å². The molecule has 2 atom stereocenters. The fourth-order valence-corrected chi connectivity index (χ4v) is 3.83. The van der Waals surface area contributed by atoms with Gasteiger partial charge in [-0.05, 0) is 36.8 Å². The third kappa shape index (κ3) is 3.68. The van der Waals surface area contributed by atoms with Crippen LogP contribution in [0.1, 0.15) is 37.2 Å². The van der Waals surface area contributed by atoms with Crippen molar-refractivity contribution in [3.05, 3.63) is 33.8 Å². The van der Waals surface area contributed by atoms with Crippen molar-refractivity contribution in [2.24, 2.45) is 5.92 Å². The van der Waals surface area contributed by atoms with Crippen LogP contribution in [0, 0.1) is 5.92 Å². The highest BCUT2D eigenvalue weighted by atomic mass is 35.5. The van der Waals surface area contributed by atoms with E-state index >= 15 is 0 Å². The molecule has 2 unspecified atom stereocenters. The van der Waals surface area contributed by atoms with Crippen LogP contribution in [0.3, 0.4) is 0 Å². The number of rotatable bonds is 5. The van der Waals surface area contributed by atoms with Crippen molar-refractivity contribution in [2.45, 2.75) is 37.1 Å². The van der Waals surface area contributed by atoms with E-state index in [9.17, 15) is 14.7 Å². The lowest BCUT2D eigenvalue weighted by Crippen LogP contribution is -2.53. The number of carbonyl (C=O) groups excluding carboxylic acids is 1. The number of carbonyl (C=O) groups is 2. The summed E-state index contributed by atoms with van der Waals surface area (Å²) in [6.07, 6.45) is 1.64. The maximum Gasteiger partial charge on any atom is 0.305 e. The van der Waals surface area contributed by atoms with Gasteiger partial charge in [0.1, 0.15) is 0 Å². The van der Waals surface area contributed by atoms with Crippen LogP contribution >= 0.6 is 23.2 Å². The first-order valence-electron chi connectivity index (χ1n) is 7.97. The second kappa shape index (κ2) is 6.90. The Bertz CT molecular complexity index is 658. The van der Waals surface area contributed by atoms with Gasteiger partial charge in [0.25, 0.3) is 0 Å². The maximum absolute atomic E-state index is 12.6. The van der Waals surface area contributed by atoms with Crippen LogP contribution in [0.2, 0.25) is 10.0 Å². The number of nitrogens with one attached hydrogen (secondary N) is 1. The molecule has 2 fully saturated rings. The fourth-order valence-electron chi connectivity index (χ4n) is 3.39. The van der Waals surface area contributed by atoms with E-state index in [-0.39, 0.29) is 24.2 Å². The minimum Gasteiger partial charge on any atom is -0.481 e. The first-order valence-corrected chi connectivity index (χ1v) is 8.73. The number of hydrogen-bond acceptors (Lipinski definition) is 3. The number of amides is 1. The first kappa shape index (κ1) is 17.5. The molecule has 7 heteroatoms. The summed E-state index contributed by atoms with van der Waals surface area (Å²) in [7, 11) is 0. The molecule has 2 aliphatic rings. The van der Waals surface area contributed by atoms with Gasteiger partial charge in [-0.1, -0.05) is 35.3 Å². The van der Waals surface area contributed by atoms with Crippen LogP contribution in [-0.4, -0.2) is 35.7 Å². The van der Waals surface area contributed by atoms with Gasteiger partial charge < -0.3 is 15.2 Å². The Balaban J connectivity index is 1.69. The molecule has 0 bridgehead atoms. The van der Waals surface area contributed by atoms with Crippen molar-refractivity contribution in [1.82, 2.24) is 5.32 Å². The highest BCUT2D eigenvalue weighted by molar-refractivity contribution is 6.42. The third-order valence-electron chi connectivity index (χ3n) is 4.84. The van der Waals surface area contributed by atoms with Gasteiger partial charge >= 0.3 is 5.97 Å². The molecule has 1 amide bonds. The molecule has 1 aromatic rings. The lowest BCUT2D eigenvalue weighted by atomic mass is 9.86. The van der Waals surface area contributed by atoms with E-state index < -0.39 is 11.5 Å². The summed E-state index contributed by atoms with van der Waals surface area (Å²) in [5, 5.41) is 13.1. The van der Waals surface area contributed by atoms with E-state index in [0.29, 0.717) is 42.5 Å². The van der Waals surface area contributed by atoms with Crippen molar-refractivity contribution in [3.63, 3.8) is 0 Å². The Kier molecular flexibility index (Phi) is 5.04. The molecule has 5 nitrogen and oxygen atoms in total. The molecule has 130 valence electrons. The molecule has 1 saturated carbocycles. The zero-order valence-corrected chi connectivity index (χ0v) is 14.6. The topological polar surface area (TPSA) is 75.6 Å². The Labute approximate surface area is 150 Å². The number of aliphatic carboxylic acids is 1. The SMILES string of the molecule is O=C(O)CC1(NC(=O)C2CC2c2cccc(Cl)c2Cl)CCOCC1. The van der Waals surface area contributed by atoms with Crippen molar-refractivity contribution in [1.29, 1.82) is 0 Å². The summed E-state index contributed by atoms with van der Waals surface area (Å²) in [4.78, 5) is 23.8. The third-order valence-corrected chi connectivity index (χ3v) is 5.67. The fraction of sp³-hybridized carbons (Fsp3) is 0.529. The van der Waals surface area contributed by atoms with E-state index in [2.05, 4.69) is 5.32 Å². The normalized spacial score (nSPS) is 25.1. The van der Waals surface area contributed by atoms with Gasteiger partial charge in [0.15, 0.2) is 0 Å². The molecule has 24 heavy (non-hydrogen) atoms. The number of halogens is 2. The lowest BCUT2D eigenvalue weighted by molar-refractivity contribution is -0.140. The molecule has 0 aromatic heterocycles. The van der Waals surface area contributed by atoms with Gasteiger partial charge in [-0.3, -0.25) is 9.59 Å². The van der Waals surface area contributed by atoms with E-state index in [4.69, 9.17) is 27.9 Å². The summed E-state index contributed by atoms with van der Waals surface area (Å²) in [6, 6.07) is 5.42. The first-order chi connectivity index (χ1) is 11.4. The maximum atomic E-state index is 12.6. The second-order valence-electron chi connectivity index (χ2n) is 6.54. The van der Waals surface area contributed by atoms with Crippen molar-refractivity contribution < 1.29 is 19.4 Å². The zero-order chi connectivity index (χ0) is 17.3. The Morgan fingerprint density at radius 3 is 2.67 bits per heavy atom. The van der Waals surface area contributed by atoms with Crippen LogP contribution in [-0.2, 0) is 14.3 Å². The quantitative estimate of drug-likeness (QED) is 0.832. The average molecular weight is 372 g/mol. The number of carboxylic acid groups (broad SMARTS) is 1. The summed E-state index contributed by atoms with van der Waals surface area (Å²) in [6.45, 7) is 0.920. The van der Waals surface area contributed by atoms with E-state index in [1.54, 1.807) is 6.07 Å². The van der Waals surface area contributed by atoms with Crippen molar-refractivity contribution in [3.8, 4) is 0 Å². The van der Waals surface area contributed by atoms with Crippen molar-refractivity contribution >= 4 is 35.1 Å². The molecular formula is C17H19Cl2NO4. The molecule has 3 rings (SSSR count). The minimum atomic E-state index is -0.914. The minimum absolute atomic E-state index is 0.0397. The van der Waals surface area contributed by atoms with E-state index in [0.717, 1.165) is 5.56 Å². The number of benzene rings is 1. The predicted octanol–water partition coefficient (Wildman–Crippen LogP) is 3.24. The highest BCUT2D eigenvalue weighted by Gasteiger charge is 2.47. The monoisotopic (exact) mass is 371 g/mol. The highest BCUT2D eigenvalue weighted by Crippen LogP contribution is 2.51. The van der Waals surface area contributed by atoms with Gasteiger partial charge in [0.05, 0.1) is 22.0 Å². The molecule has 0 spiro atoms. The average Bonchev–Trinajstić information content (AvgIpc) is 3.30. The van der Waals surface area contributed by atoms with Crippen LogP contribution in [0.4, 0.5) is 0 Å². The van der Waals surface area contributed by atoms with E-state index in [1.165, 1.54) is 0 Å². The van der Waals surface area contributed by atoms with Gasteiger partial charge in [-0.25, -0.2) is 0 Å². The summed E-state index contributed by atoms with van der Waals surface area (Å²) in [5.74, 6) is -1.17. The Hall–Kier alpha value is -1.30. The largest absolute Gasteiger partial charge is 0.481 e. The number of carboxylic acids is 1. The molecule has 1 heterocycles. The number of hydrogen-bond donors (Lipinski definition) is 2. The van der Waals surface area contributed by atoms with Crippen LogP contribution in [0.5, 0.6) is 0 Å².